The topological polar surface area (TPSA) is 59.9 Å². The highest BCUT2D eigenvalue weighted by Crippen LogP contribution is 2.31. The van der Waals surface area contributed by atoms with Crippen molar-refractivity contribution in [2.24, 2.45) is 0 Å². The summed E-state index contributed by atoms with van der Waals surface area (Å²) in [5.74, 6) is 0.00197. The normalized spacial score (nSPS) is 11.4. The van der Waals surface area contributed by atoms with Gasteiger partial charge in [-0.3, -0.25) is 4.98 Å². The molecule has 0 saturated carbocycles. The summed E-state index contributed by atoms with van der Waals surface area (Å²) in [6.07, 6.45) is -1.64. The summed E-state index contributed by atoms with van der Waals surface area (Å²) >= 11 is 0. The lowest BCUT2D eigenvalue weighted by atomic mass is 10.2. The van der Waals surface area contributed by atoms with Crippen LogP contribution in [0.1, 0.15) is 18.2 Å². The molecular weight excluding hydrogens is 357 g/mol. The maximum absolute atomic E-state index is 13.2. The number of pyridine rings is 1. The molecule has 2 heterocycles. The van der Waals surface area contributed by atoms with E-state index in [9.17, 15) is 13.2 Å². The van der Waals surface area contributed by atoms with Crippen molar-refractivity contribution in [2.75, 3.05) is 11.9 Å². The number of nitrogens with one attached hydrogen (secondary N) is 1. The Morgan fingerprint density at radius 2 is 1.85 bits per heavy atom. The molecule has 3 aromatic rings. The van der Waals surface area contributed by atoms with Crippen LogP contribution in [0.2, 0.25) is 0 Å². The first-order valence-corrected chi connectivity index (χ1v) is 8.26. The van der Waals surface area contributed by atoms with Gasteiger partial charge in [-0.05, 0) is 36.8 Å². The van der Waals surface area contributed by atoms with E-state index in [0.29, 0.717) is 24.5 Å². The van der Waals surface area contributed by atoms with Gasteiger partial charge in [0.1, 0.15) is 5.82 Å². The van der Waals surface area contributed by atoms with Crippen LogP contribution in [0.4, 0.5) is 24.7 Å². The number of nitrogens with zero attached hydrogens (tertiary/aromatic N) is 3. The summed E-state index contributed by atoms with van der Waals surface area (Å²) in [7, 11) is 0. The third-order valence-electron chi connectivity index (χ3n) is 3.64. The number of ether oxygens (including phenoxy) is 1. The van der Waals surface area contributed by atoms with Crippen LogP contribution in [0.5, 0.6) is 0 Å². The molecule has 2 aromatic heterocycles. The Morgan fingerprint density at radius 3 is 2.48 bits per heavy atom. The fourth-order valence-corrected chi connectivity index (χ4v) is 2.33. The van der Waals surface area contributed by atoms with Crippen molar-refractivity contribution >= 4 is 11.5 Å². The highest BCUT2D eigenvalue weighted by atomic mass is 19.4. The number of anilines is 2. The van der Waals surface area contributed by atoms with Crippen LogP contribution in [-0.4, -0.2) is 21.6 Å². The molecule has 0 aliphatic carbocycles. The van der Waals surface area contributed by atoms with Crippen LogP contribution in [0.3, 0.4) is 0 Å². The minimum absolute atomic E-state index is 0.0478. The first kappa shape index (κ1) is 18.8. The zero-order chi connectivity index (χ0) is 19.3. The van der Waals surface area contributed by atoms with Gasteiger partial charge >= 0.3 is 6.18 Å². The monoisotopic (exact) mass is 374 g/mol. The molecule has 0 radical (unpaired) electrons. The van der Waals surface area contributed by atoms with Crippen LogP contribution in [0.15, 0.2) is 54.9 Å². The van der Waals surface area contributed by atoms with Crippen LogP contribution in [0, 0.1) is 0 Å². The second kappa shape index (κ2) is 8.13. The molecule has 0 aliphatic heterocycles. The molecular formula is C19H17F3N4O. The molecule has 27 heavy (non-hydrogen) atoms. The van der Waals surface area contributed by atoms with E-state index < -0.39 is 11.9 Å². The van der Waals surface area contributed by atoms with Gasteiger partial charge in [-0.15, -0.1) is 0 Å². The van der Waals surface area contributed by atoms with Gasteiger partial charge in [0.2, 0.25) is 0 Å². The second-order valence-corrected chi connectivity index (χ2v) is 5.66. The molecule has 0 amide bonds. The van der Waals surface area contributed by atoms with Crippen molar-refractivity contribution in [3.8, 4) is 11.4 Å². The van der Waals surface area contributed by atoms with Crippen LogP contribution in [0.25, 0.3) is 11.4 Å². The first-order valence-electron chi connectivity index (χ1n) is 8.26. The van der Waals surface area contributed by atoms with E-state index in [1.807, 2.05) is 19.1 Å². The fraction of sp³-hybridized carbons (Fsp3) is 0.211. The average molecular weight is 374 g/mol. The summed E-state index contributed by atoms with van der Waals surface area (Å²) < 4.78 is 45.0. The van der Waals surface area contributed by atoms with E-state index in [4.69, 9.17) is 4.74 Å². The third kappa shape index (κ3) is 5.01. The number of alkyl halides is 3. The lowest BCUT2D eigenvalue weighted by Crippen LogP contribution is -2.11. The summed E-state index contributed by atoms with van der Waals surface area (Å²) in [5.41, 5.74) is 0.960. The van der Waals surface area contributed by atoms with E-state index in [1.54, 1.807) is 24.3 Å². The standard InChI is InChI=1S/C19H17F3N4O/c1-2-27-12-13-5-7-15(8-6-13)24-17-10-16(19(20,21)22)25-18(26-17)14-4-3-9-23-11-14/h3-11H,2,12H2,1H3,(H,24,25,26). The lowest BCUT2D eigenvalue weighted by molar-refractivity contribution is -0.141. The Hall–Kier alpha value is -3.00. The van der Waals surface area contributed by atoms with E-state index in [2.05, 4.69) is 20.3 Å². The fourth-order valence-electron chi connectivity index (χ4n) is 2.33. The molecule has 1 aromatic carbocycles. The number of benzene rings is 1. The third-order valence-corrected chi connectivity index (χ3v) is 3.64. The van der Waals surface area contributed by atoms with Crippen molar-refractivity contribution in [3.63, 3.8) is 0 Å². The lowest BCUT2D eigenvalue weighted by Gasteiger charge is -2.12. The zero-order valence-electron chi connectivity index (χ0n) is 14.5. The Balaban J connectivity index is 1.90. The van der Waals surface area contributed by atoms with Gasteiger partial charge in [0.25, 0.3) is 0 Å². The number of aromatic nitrogens is 3. The molecule has 0 aliphatic rings. The quantitative estimate of drug-likeness (QED) is 0.669. The maximum Gasteiger partial charge on any atom is 0.433 e. The highest BCUT2D eigenvalue weighted by Gasteiger charge is 2.33. The highest BCUT2D eigenvalue weighted by molar-refractivity contribution is 5.61. The Labute approximate surface area is 154 Å². The van der Waals surface area contributed by atoms with Gasteiger partial charge in [0.05, 0.1) is 6.61 Å². The van der Waals surface area contributed by atoms with Gasteiger partial charge in [-0.25, -0.2) is 9.97 Å². The number of halogens is 3. The molecule has 8 heteroatoms. The van der Waals surface area contributed by atoms with Gasteiger partial charge in [-0.2, -0.15) is 13.2 Å². The summed E-state index contributed by atoms with van der Waals surface area (Å²) in [6, 6.07) is 11.3. The summed E-state index contributed by atoms with van der Waals surface area (Å²) in [5, 5.41) is 2.90. The van der Waals surface area contributed by atoms with Gasteiger partial charge in [0, 0.05) is 36.3 Å². The molecule has 0 fully saturated rings. The van der Waals surface area contributed by atoms with Crippen LogP contribution < -0.4 is 5.32 Å². The molecule has 140 valence electrons. The summed E-state index contributed by atoms with van der Waals surface area (Å²) in [4.78, 5) is 11.7. The van der Waals surface area contributed by atoms with Gasteiger partial charge in [0.15, 0.2) is 11.5 Å². The summed E-state index contributed by atoms with van der Waals surface area (Å²) in [6.45, 7) is 3.00. The maximum atomic E-state index is 13.2. The van der Waals surface area contributed by atoms with Crippen LogP contribution in [-0.2, 0) is 17.5 Å². The molecule has 0 unspecified atom stereocenters. The van der Waals surface area contributed by atoms with Crippen molar-refractivity contribution < 1.29 is 17.9 Å². The molecule has 0 spiro atoms. The molecule has 0 saturated heterocycles. The number of rotatable bonds is 6. The molecule has 0 atom stereocenters. The van der Waals surface area contributed by atoms with Crippen molar-refractivity contribution in [3.05, 3.63) is 66.1 Å². The van der Waals surface area contributed by atoms with Crippen LogP contribution >= 0.6 is 0 Å². The largest absolute Gasteiger partial charge is 0.433 e. The Morgan fingerprint density at radius 1 is 1.07 bits per heavy atom. The minimum Gasteiger partial charge on any atom is -0.377 e. The molecule has 0 bridgehead atoms. The predicted octanol–water partition coefficient (Wildman–Crippen LogP) is 4.84. The van der Waals surface area contributed by atoms with Gasteiger partial charge in [-0.1, -0.05) is 12.1 Å². The van der Waals surface area contributed by atoms with E-state index in [0.717, 1.165) is 11.6 Å². The number of hydrogen-bond acceptors (Lipinski definition) is 5. The van der Waals surface area contributed by atoms with E-state index >= 15 is 0 Å². The average Bonchev–Trinajstić information content (AvgIpc) is 2.67. The second-order valence-electron chi connectivity index (χ2n) is 5.66. The van der Waals surface area contributed by atoms with Crippen molar-refractivity contribution in [1.29, 1.82) is 0 Å². The molecule has 3 rings (SSSR count). The number of hydrogen-bond donors (Lipinski definition) is 1. The molecule has 1 N–H and O–H groups in total. The zero-order valence-corrected chi connectivity index (χ0v) is 14.5. The van der Waals surface area contributed by atoms with E-state index in [1.165, 1.54) is 12.4 Å². The van der Waals surface area contributed by atoms with E-state index in [-0.39, 0.29) is 11.6 Å². The Kier molecular flexibility index (Phi) is 5.66. The predicted molar refractivity (Wildman–Crippen MR) is 95.3 cm³/mol. The van der Waals surface area contributed by atoms with Gasteiger partial charge < -0.3 is 10.1 Å². The first-order chi connectivity index (χ1) is 13.0. The SMILES string of the molecule is CCOCc1ccc(Nc2cc(C(F)(F)F)nc(-c3cccnc3)n2)cc1. The van der Waals surface area contributed by atoms with Crippen molar-refractivity contribution in [1.82, 2.24) is 15.0 Å². The molecule has 5 nitrogen and oxygen atoms in total. The van der Waals surface area contributed by atoms with Crippen molar-refractivity contribution in [2.45, 2.75) is 19.7 Å². The Bertz CT molecular complexity index is 884. The minimum atomic E-state index is -4.59. The smallest absolute Gasteiger partial charge is 0.377 e.